The molecule has 0 fully saturated rings. The zero-order valence-corrected chi connectivity index (χ0v) is 17.1. The summed E-state index contributed by atoms with van der Waals surface area (Å²) < 4.78 is 10.9. The lowest BCUT2D eigenvalue weighted by atomic mass is 10.1. The Kier molecular flexibility index (Phi) is 5.94. The number of carbonyl (C=O) groups is 2. The molecule has 0 spiro atoms. The van der Waals surface area contributed by atoms with Gasteiger partial charge in [0, 0.05) is 11.6 Å². The molecule has 0 saturated heterocycles. The fourth-order valence-corrected chi connectivity index (χ4v) is 3.95. The van der Waals surface area contributed by atoms with Crippen molar-refractivity contribution in [2.75, 3.05) is 0 Å². The van der Waals surface area contributed by atoms with Gasteiger partial charge in [-0.3, -0.25) is 0 Å². The van der Waals surface area contributed by atoms with Crippen molar-refractivity contribution in [2.45, 2.75) is 46.2 Å². The van der Waals surface area contributed by atoms with E-state index in [4.69, 9.17) is 8.85 Å². The van der Waals surface area contributed by atoms with E-state index < -0.39 is 16.6 Å². The van der Waals surface area contributed by atoms with Crippen LogP contribution in [0.15, 0.2) is 11.5 Å². The molecule has 0 radical (unpaired) electrons. The molecule has 0 N–H and O–H groups in total. The molecule has 0 saturated carbocycles. The molecule has 0 bridgehead atoms. The van der Waals surface area contributed by atoms with E-state index in [1.807, 2.05) is 51.6 Å². The van der Waals surface area contributed by atoms with Gasteiger partial charge < -0.3 is 8.85 Å². The van der Waals surface area contributed by atoms with Gasteiger partial charge in [-0.1, -0.05) is 0 Å². The summed E-state index contributed by atoms with van der Waals surface area (Å²) in [4.78, 5) is 24.6. The van der Waals surface area contributed by atoms with Gasteiger partial charge in [-0.25, -0.2) is 9.59 Å². The highest BCUT2D eigenvalue weighted by Gasteiger charge is 2.24. The fourth-order valence-electron chi connectivity index (χ4n) is 1.63. The summed E-state index contributed by atoms with van der Waals surface area (Å²) in [5.41, 5.74) is 1.69. The zero-order chi connectivity index (χ0) is 17.1. The van der Waals surface area contributed by atoms with E-state index in [1.54, 1.807) is 6.08 Å². The van der Waals surface area contributed by atoms with Gasteiger partial charge in [0.25, 0.3) is 0 Å². The second kappa shape index (κ2) is 6.93. The van der Waals surface area contributed by atoms with Crippen LogP contribution >= 0.6 is 11.3 Å². The normalized spacial score (nSPS) is 12.5. The summed E-state index contributed by atoms with van der Waals surface area (Å²) in [6.45, 7) is 13.7. The van der Waals surface area contributed by atoms with Crippen LogP contribution < -0.4 is 0 Å². The minimum absolute atomic E-state index is 0.310. The Morgan fingerprint density at radius 3 is 2.09 bits per heavy atom. The second-order valence-electron chi connectivity index (χ2n) is 7.03. The van der Waals surface area contributed by atoms with E-state index in [0.29, 0.717) is 4.88 Å². The Balaban J connectivity index is 2.95. The maximum Gasteiger partial charge on any atom is 0.335 e. The monoisotopic (exact) mass is 356 g/mol. The summed E-state index contributed by atoms with van der Waals surface area (Å²) in [6, 6.07) is 0. The van der Waals surface area contributed by atoms with Crippen molar-refractivity contribution in [1.82, 2.24) is 0 Å². The van der Waals surface area contributed by atoms with E-state index in [0.717, 1.165) is 11.1 Å². The number of aryl methyl sites for hydroxylation is 1. The minimum atomic E-state index is -1.95. The summed E-state index contributed by atoms with van der Waals surface area (Å²) in [5, 5.41) is 1.89. The number of thiophene rings is 1. The average molecular weight is 357 g/mol. The Morgan fingerprint density at radius 2 is 1.59 bits per heavy atom. The first-order valence-electron chi connectivity index (χ1n) is 7.11. The van der Waals surface area contributed by atoms with Gasteiger partial charge >= 0.3 is 11.9 Å². The largest absolute Gasteiger partial charge is 0.517 e. The summed E-state index contributed by atoms with van der Waals surface area (Å²) in [5.74, 6) is -0.676. The van der Waals surface area contributed by atoms with Crippen LogP contribution in [0, 0.1) is 6.92 Å². The van der Waals surface area contributed by atoms with Gasteiger partial charge in [0.2, 0.25) is 16.6 Å². The topological polar surface area (TPSA) is 52.6 Å². The lowest BCUT2D eigenvalue weighted by molar-refractivity contribution is -0.129. The Labute approximate surface area is 138 Å². The molecule has 0 atom stereocenters. The molecule has 0 aliphatic carbocycles. The fraction of sp³-hybridized carbons (Fsp3) is 0.467. The summed E-state index contributed by atoms with van der Waals surface area (Å²) in [7, 11) is -3.85. The van der Waals surface area contributed by atoms with Crippen molar-refractivity contribution in [1.29, 1.82) is 0 Å². The predicted molar refractivity (Wildman–Crippen MR) is 96.3 cm³/mol. The van der Waals surface area contributed by atoms with Gasteiger partial charge in [0.1, 0.15) is 4.88 Å². The van der Waals surface area contributed by atoms with Gasteiger partial charge in [-0.15, -0.1) is 11.3 Å². The molecule has 7 heteroatoms. The van der Waals surface area contributed by atoms with Gasteiger partial charge in [0.15, 0.2) is 0 Å². The molecule has 1 rings (SSSR count). The molecule has 22 heavy (non-hydrogen) atoms. The number of hydrogen-bond acceptors (Lipinski definition) is 5. The highest BCUT2D eigenvalue weighted by atomic mass is 32.1. The smallest absolute Gasteiger partial charge is 0.335 e. The first-order valence-corrected chi connectivity index (χ1v) is 14.8. The minimum Gasteiger partial charge on any atom is -0.517 e. The van der Waals surface area contributed by atoms with Gasteiger partial charge in [-0.2, -0.15) is 0 Å². The Hall–Kier alpha value is -1.19. The van der Waals surface area contributed by atoms with E-state index >= 15 is 0 Å². The van der Waals surface area contributed by atoms with Crippen LogP contribution in [-0.2, 0) is 13.6 Å². The molecule has 4 nitrogen and oxygen atoms in total. The molecule has 0 unspecified atom stereocenters. The van der Waals surface area contributed by atoms with E-state index in [9.17, 15) is 9.59 Å². The van der Waals surface area contributed by atoms with Crippen molar-refractivity contribution in [2.24, 2.45) is 0 Å². The third-order valence-corrected chi connectivity index (χ3v) is 5.11. The molecule has 0 aromatic carbocycles. The van der Waals surface area contributed by atoms with Crippen molar-refractivity contribution in [3.05, 3.63) is 27.5 Å². The molecule has 0 amide bonds. The van der Waals surface area contributed by atoms with Crippen molar-refractivity contribution < 1.29 is 18.4 Å². The lowest BCUT2D eigenvalue weighted by Crippen LogP contribution is -2.29. The molecular formula is C15H24O4SSi2. The van der Waals surface area contributed by atoms with Crippen LogP contribution in [0.5, 0.6) is 0 Å². The third kappa shape index (κ3) is 6.29. The molecule has 1 heterocycles. The van der Waals surface area contributed by atoms with Crippen molar-refractivity contribution in [3.8, 4) is 0 Å². The van der Waals surface area contributed by atoms with Gasteiger partial charge in [0.05, 0.1) is 0 Å². The van der Waals surface area contributed by atoms with E-state index in [2.05, 4.69) is 0 Å². The van der Waals surface area contributed by atoms with Crippen molar-refractivity contribution >= 4 is 46.0 Å². The maximum atomic E-state index is 12.2. The van der Waals surface area contributed by atoms with E-state index in [1.165, 1.54) is 17.4 Å². The Bertz CT molecular complexity index is 592. The number of rotatable bonds is 5. The third-order valence-electron chi connectivity index (χ3n) is 2.40. The molecule has 0 aliphatic rings. The maximum absolute atomic E-state index is 12.2. The summed E-state index contributed by atoms with van der Waals surface area (Å²) in [6.07, 6.45) is 3.04. The van der Waals surface area contributed by atoms with Crippen LogP contribution in [0.2, 0.25) is 39.3 Å². The highest BCUT2D eigenvalue weighted by molar-refractivity contribution is 7.12. The average Bonchev–Trinajstić information content (AvgIpc) is 2.63. The Morgan fingerprint density at radius 1 is 1.05 bits per heavy atom. The first-order chi connectivity index (χ1) is 9.89. The molecular weight excluding hydrogens is 332 g/mol. The van der Waals surface area contributed by atoms with Crippen LogP contribution in [0.1, 0.15) is 20.8 Å². The molecule has 122 valence electrons. The second-order valence-corrected chi connectivity index (χ2v) is 16.8. The van der Waals surface area contributed by atoms with Crippen LogP contribution in [-0.4, -0.2) is 28.6 Å². The van der Waals surface area contributed by atoms with Crippen LogP contribution in [0.3, 0.4) is 0 Å². The summed E-state index contributed by atoms with van der Waals surface area (Å²) >= 11 is 1.34. The highest BCUT2D eigenvalue weighted by Crippen LogP contribution is 2.25. The van der Waals surface area contributed by atoms with Gasteiger partial charge in [-0.05, 0) is 63.2 Å². The molecule has 0 aliphatic heterocycles. The van der Waals surface area contributed by atoms with Crippen LogP contribution in [0.25, 0.3) is 6.08 Å². The van der Waals surface area contributed by atoms with E-state index in [-0.39, 0.29) is 11.9 Å². The predicted octanol–water partition coefficient (Wildman–Crippen LogP) is 4.44. The number of carbonyl (C=O) groups excluding carboxylic acids is 2. The van der Waals surface area contributed by atoms with Crippen LogP contribution in [0.4, 0.5) is 0 Å². The zero-order valence-electron chi connectivity index (χ0n) is 14.3. The number of hydrogen-bond donors (Lipinski definition) is 0. The first kappa shape index (κ1) is 18.9. The SMILES string of the molecule is Cc1csc(C(=O)O[Si](C)(C)C)c1/C=C/C(=O)O[Si](C)(C)C. The van der Waals surface area contributed by atoms with Crippen molar-refractivity contribution in [3.63, 3.8) is 0 Å². The molecule has 1 aromatic heterocycles. The quantitative estimate of drug-likeness (QED) is 0.578. The standard InChI is InChI=1S/C15H24O4SSi2/c1-11-10-20-14(15(17)19-22(5,6)7)12(11)8-9-13(16)18-21(2,3)4/h8-10H,1-7H3/b9-8+. The lowest BCUT2D eigenvalue weighted by Gasteiger charge is -2.17. The molecule has 1 aromatic rings.